The van der Waals surface area contributed by atoms with Crippen LogP contribution in [-0.2, 0) is 9.59 Å². The molecule has 2 aromatic carbocycles. The van der Waals surface area contributed by atoms with Gasteiger partial charge in [-0.05, 0) is 48.1 Å². The zero-order valence-corrected chi connectivity index (χ0v) is 14.5. The van der Waals surface area contributed by atoms with Gasteiger partial charge in [0.25, 0.3) is 11.8 Å². The van der Waals surface area contributed by atoms with E-state index < -0.39 is 11.8 Å². The van der Waals surface area contributed by atoms with Gasteiger partial charge in [0.1, 0.15) is 30.3 Å². The number of amides is 2. The fourth-order valence-electron chi connectivity index (χ4n) is 2.30. The van der Waals surface area contributed by atoms with Crippen LogP contribution in [0.25, 0.3) is 6.08 Å². The van der Waals surface area contributed by atoms with E-state index in [1.54, 1.807) is 24.3 Å². The average Bonchev–Trinajstić information content (AvgIpc) is 2.63. The summed E-state index contributed by atoms with van der Waals surface area (Å²) in [7, 11) is 0. The zero-order chi connectivity index (χ0) is 18.4. The van der Waals surface area contributed by atoms with E-state index in [4.69, 9.17) is 21.7 Å². The Morgan fingerprint density at radius 1 is 0.846 bits per heavy atom. The van der Waals surface area contributed by atoms with Gasteiger partial charge in [0.05, 0.1) is 0 Å². The fraction of sp³-hybridized carbons (Fsp3) is 0.105. The number of ether oxygens (including phenoxy) is 2. The van der Waals surface area contributed by atoms with Crippen LogP contribution in [0, 0.1) is 0 Å². The Morgan fingerprint density at radius 3 is 2.15 bits per heavy atom. The summed E-state index contributed by atoms with van der Waals surface area (Å²) < 4.78 is 11.2. The van der Waals surface area contributed by atoms with Crippen molar-refractivity contribution < 1.29 is 19.1 Å². The molecule has 2 amide bonds. The second-order valence-electron chi connectivity index (χ2n) is 5.38. The molecule has 0 spiro atoms. The molecule has 0 saturated carbocycles. The number of para-hydroxylation sites is 1. The maximum atomic E-state index is 11.9. The summed E-state index contributed by atoms with van der Waals surface area (Å²) in [5, 5.41) is 4.80. The van der Waals surface area contributed by atoms with Crippen LogP contribution in [0.4, 0.5) is 0 Å². The van der Waals surface area contributed by atoms with Crippen molar-refractivity contribution in [2.24, 2.45) is 0 Å². The predicted octanol–water partition coefficient (Wildman–Crippen LogP) is 2.06. The lowest BCUT2D eigenvalue weighted by molar-refractivity contribution is -0.123. The van der Waals surface area contributed by atoms with Crippen LogP contribution in [0.3, 0.4) is 0 Å². The fourth-order valence-corrected chi connectivity index (χ4v) is 2.49. The van der Waals surface area contributed by atoms with E-state index in [-0.39, 0.29) is 10.7 Å². The minimum atomic E-state index is -0.527. The molecule has 1 aliphatic heterocycles. The third-order valence-corrected chi connectivity index (χ3v) is 3.68. The quantitative estimate of drug-likeness (QED) is 0.353. The first kappa shape index (κ1) is 17.6. The van der Waals surface area contributed by atoms with Gasteiger partial charge in [0.15, 0.2) is 5.11 Å². The Labute approximate surface area is 155 Å². The standard InChI is InChI=1S/C19H16N2O4S/c22-17-16(18(23)21-19(26)20-17)12-13-5-4-8-15(11-13)25-10-9-24-14-6-2-1-3-7-14/h1-8,11-12H,9-10H2,(H2,20,21,22,23,26). The van der Waals surface area contributed by atoms with E-state index in [1.807, 2.05) is 30.3 Å². The highest BCUT2D eigenvalue weighted by Crippen LogP contribution is 2.17. The maximum Gasteiger partial charge on any atom is 0.263 e. The molecule has 1 aliphatic rings. The second-order valence-corrected chi connectivity index (χ2v) is 5.79. The Bertz CT molecular complexity index is 843. The van der Waals surface area contributed by atoms with E-state index in [0.717, 1.165) is 5.75 Å². The first-order chi connectivity index (χ1) is 12.6. The van der Waals surface area contributed by atoms with Crippen molar-refractivity contribution in [1.29, 1.82) is 0 Å². The van der Waals surface area contributed by atoms with Gasteiger partial charge in [0, 0.05) is 0 Å². The lowest BCUT2D eigenvalue weighted by Crippen LogP contribution is -2.51. The van der Waals surface area contributed by atoms with Gasteiger partial charge in [-0.15, -0.1) is 0 Å². The van der Waals surface area contributed by atoms with Gasteiger partial charge in [-0.3, -0.25) is 20.2 Å². The highest BCUT2D eigenvalue weighted by atomic mass is 32.1. The van der Waals surface area contributed by atoms with Crippen LogP contribution in [0.5, 0.6) is 11.5 Å². The van der Waals surface area contributed by atoms with Crippen LogP contribution in [0.2, 0.25) is 0 Å². The summed E-state index contributed by atoms with van der Waals surface area (Å²) in [6.07, 6.45) is 1.49. The molecule has 26 heavy (non-hydrogen) atoms. The number of carbonyl (C=O) groups is 2. The molecule has 132 valence electrons. The third kappa shape index (κ3) is 4.67. The normalized spacial score (nSPS) is 13.7. The number of hydrogen-bond acceptors (Lipinski definition) is 5. The van der Waals surface area contributed by atoms with Crippen LogP contribution in [0.1, 0.15) is 5.56 Å². The number of rotatable bonds is 6. The van der Waals surface area contributed by atoms with Crippen molar-refractivity contribution in [3.8, 4) is 11.5 Å². The van der Waals surface area contributed by atoms with Crippen molar-refractivity contribution in [3.63, 3.8) is 0 Å². The molecule has 1 saturated heterocycles. The first-order valence-electron chi connectivity index (χ1n) is 7.91. The molecule has 1 fully saturated rings. The minimum Gasteiger partial charge on any atom is -0.490 e. The summed E-state index contributed by atoms with van der Waals surface area (Å²) in [5.41, 5.74) is 0.655. The molecular formula is C19H16N2O4S. The van der Waals surface area contributed by atoms with Crippen LogP contribution >= 0.6 is 12.2 Å². The molecule has 0 radical (unpaired) electrons. The lowest BCUT2D eigenvalue weighted by atomic mass is 10.1. The van der Waals surface area contributed by atoms with Gasteiger partial charge in [-0.1, -0.05) is 30.3 Å². The SMILES string of the molecule is O=C1NC(=S)NC(=O)C1=Cc1cccc(OCCOc2ccccc2)c1. The van der Waals surface area contributed by atoms with Gasteiger partial charge in [-0.25, -0.2) is 0 Å². The van der Waals surface area contributed by atoms with E-state index >= 15 is 0 Å². The monoisotopic (exact) mass is 368 g/mol. The Balaban J connectivity index is 1.59. The Hall–Kier alpha value is -3.19. The van der Waals surface area contributed by atoms with Gasteiger partial charge in [-0.2, -0.15) is 0 Å². The molecule has 0 atom stereocenters. The first-order valence-corrected chi connectivity index (χ1v) is 8.32. The van der Waals surface area contributed by atoms with Gasteiger partial charge in [0.2, 0.25) is 0 Å². The van der Waals surface area contributed by atoms with E-state index in [9.17, 15) is 9.59 Å². The molecule has 0 unspecified atom stereocenters. The topological polar surface area (TPSA) is 76.7 Å². The molecule has 0 aliphatic carbocycles. The summed E-state index contributed by atoms with van der Waals surface area (Å²) in [6, 6.07) is 16.6. The molecule has 2 N–H and O–H groups in total. The Kier molecular flexibility index (Phi) is 5.60. The molecule has 1 heterocycles. The summed E-state index contributed by atoms with van der Waals surface area (Å²) in [6.45, 7) is 0.766. The van der Waals surface area contributed by atoms with Crippen molar-refractivity contribution in [2.45, 2.75) is 0 Å². The van der Waals surface area contributed by atoms with E-state index in [0.29, 0.717) is 24.5 Å². The lowest BCUT2D eigenvalue weighted by Gasteiger charge is -2.16. The minimum absolute atomic E-state index is 0.00708. The highest BCUT2D eigenvalue weighted by Gasteiger charge is 2.25. The molecule has 3 rings (SSSR count). The molecule has 0 aromatic heterocycles. The van der Waals surface area contributed by atoms with Crippen molar-refractivity contribution in [3.05, 3.63) is 65.7 Å². The number of hydrogen-bond donors (Lipinski definition) is 2. The summed E-state index contributed by atoms with van der Waals surface area (Å²) >= 11 is 4.77. The third-order valence-electron chi connectivity index (χ3n) is 3.48. The molecule has 2 aromatic rings. The molecule has 0 bridgehead atoms. The number of thiocarbonyl (C=S) groups is 1. The van der Waals surface area contributed by atoms with Gasteiger partial charge >= 0.3 is 0 Å². The van der Waals surface area contributed by atoms with Gasteiger partial charge < -0.3 is 9.47 Å². The van der Waals surface area contributed by atoms with Crippen molar-refractivity contribution in [1.82, 2.24) is 10.6 Å². The summed E-state index contributed by atoms with van der Waals surface area (Å²) in [5.74, 6) is 0.340. The van der Waals surface area contributed by atoms with Crippen molar-refractivity contribution >= 4 is 35.2 Å². The average molecular weight is 368 g/mol. The molecular weight excluding hydrogens is 352 g/mol. The number of nitrogens with one attached hydrogen (secondary N) is 2. The predicted molar refractivity (Wildman–Crippen MR) is 101 cm³/mol. The smallest absolute Gasteiger partial charge is 0.263 e. The Morgan fingerprint density at radius 2 is 1.46 bits per heavy atom. The number of benzene rings is 2. The van der Waals surface area contributed by atoms with Crippen LogP contribution in [0.15, 0.2) is 60.2 Å². The molecule has 6 nitrogen and oxygen atoms in total. The second kappa shape index (κ2) is 8.26. The largest absolute Gasteiger partial charge is 0.490 e. The molecule has 7 heteroatoms. The van der Waals surface area contributed by atoms with Crippen LogP contribution in [-0.4, -0.2) is 30.1 Å². The maximum absolute atomic E-state index is 11.9. The van der Waals surface area contributed by atoms with E-state index in [1.165, 1.54) is 6.08 Å². The number of carbonyl (C=O) groups excluding carboxylic acids is 2. The summed E-state index contributed by atoms with van der Waals surface area (Å²) in [4.78, 5) is 23.7. The van der Waals surface area contributed by atoms with Crippen molar-refractivity contribution in [2.75, 3.05) is 13.2 Å². The highest BCUT2D eigenvalue weighted by molar-refractivity contribution is 7.80. The van der Waals surface area contributed by atoms with Crippen LogP contribution < -0.4 is 20.1 Å². The van der Waals surface area contributed by atoms with E-state index in [2.05, 4.69) is 10.6 Å². The zero-order valence-electron chi connectivity index (χ0n) is 13.7.